The average molecular weight is 444 g/mol. The number of aromatic nitrogens is 2. The first-order chi connectivity index (χ1) is 14.5. The van der Waals surface area contributed by atoms with Gasteiger partial charge < -0.3 is 15.4 Å². The zero-order chi connectivity index (χ0) is 20.9. The van der Waals surface area contributed by atoms with Crippen LogP contribution in [0.1, 0.15) is 41.8 Å². The van der Waals surface area contributed by atoms with E-state index in [0.29, 0.717) is 10.3 Å². The molecule has 0 amide bonds. The third-order valence-electron chi connectivity index (χ3n) is 6.90. The Labute approximate surface area is 186 Å². The van der Waals surface area contributed by atoms with Gasteiger partial charge in [0.25, 0.3) is 0 Å². The van der Waals surface area contributed by atoms with Crippen LogP contribution in [-0.4, -0.2) is 52.9 Å². The molecule has 2 N–H and O–H groups in total. The van der Waals surface area contributed by atoms with E-state index in [0.717, 1.165) is 68.1 Å². The minimum absolute atomic E-state index is 0.413. The van der Waals surface area contributed by atoms with Gasteiger partial charge in [-0.15, -0.1) is 11.8 Å². The van der Waals surface area contributed by atoms with E-state index in [1.165, 1.54) is 5.56 Å². The van der Waals surface area contributed by atoms with Crippen LogP contribution in [0.2, 0.25) is 5.02 Å². The average Bonchev–Trinajstić information content (AvgIpc) is 3.41. The van der Waals surface area contributed by atoms with Gasteiger partial charge in [0.2, 0.25) is 0 Å². The van der Waals surface area contributed by atoms with E-state index >= 15 is 0 Å². The number of anilines is 1. The standard InChI is InChI=1S/C22H26ClN5OS/c1-15-19-18(12-30-15)25-14-26-20(19)27-8-10-28(11-9-27)22(13-29,21(24)6-7-21)16-2-4-17(23)5-3-16/h2-5,13-15H,6-12,24H2,1H3/t15-,22?/m0/s1. The lowest BCUT2D eigenvalue weighted by atomic mass is 9.80. The lowest BCUT2D eigenvalue weighted by Crippen LogP contribution is -2.64. The fraction of sp³-hybridized carbons (Fsp3) is 0.500. The van der Waals surface area contributed by atoms with E-state index in [2.05, 4.69) is 26.7 Å². The third kappa shape index (κ3) is 3.06. The molecule has 3 heterocycles. The highest BCUT2D eigenvalue weighted by Gasteiger charge is 2.61. The van der Waals surface area contributed by atoms with Crippen molar-refractivity contribution in [1.29, 1.82) is 0 Å². The van der Waals surface area contributed by atoms with Gasteiger partial charge in [0.1, 0.15) is 24.0 Å². The molecule has 1 unspecified atom stereocenters. The first-order valence-electron chi connectivity index (χ1n) is 10.5. The van der Waals surface area contributed by atoms with E-state index in [1.807, 2.05) is 36.0 Å². The van der Waals surface area contributed by atoms with Gasteiger partial charge in [-0.25, -0.2) is 9.97 Å². The van der Waals surface area contributed by atoms with Crippen molar-refractivity contribution in [2.24, 2.45) is 5.73 Å². The maximum atomic E-state index is 12.7. The van der Waals surface area contributed by atoms with Crippen molar-refractivity contribution in [1.82, 2.24) is 14.9 Å². The van der Waals surface area contributed by atoms with Crippen molar-refractivity contribution in [3.05, 3.63) is 52.4 Å². The molecule has 0 radical (unpaired) electrons. The second-order valence-electron chi connectivity index (χ2n) is 8.53. The van der Waals surface area contributed by atoms with Crippen LogP contribution in [0.3, 0.4) is 0 Å². The lowest BCUT2D eigenvalue weighted by Gasteiger charge is -2.48. The Morgan fingerprint density at radius 2 is 1.90 bits per heavy atom. The molecule has 2 atom stereocenters. The van der Waals surface area contributed by atoms with Gasteiger partial charge >= 0.3 is 0 Å². The number of nitrogens with two attached hydrogens (primary N) is 1. The minimum atomic E-state index is -0.819. The summed E-state index contributed by atoms with van der Waals surface area (Å²) in [5, 5.41) is 1.07. The third-order valence-corrected chi connectivity index (χ3v) is 8.33. The summed E-state index contributed by atoms with van der Waals surface area (Å²) in [7, 11) is 0. The molecular weight excluding hydrogens is 418 g/mol. The van der Waals surface area contributed by atoms with Crippen LogP contribution in [0, 0.1) is 0 Å². The summed E-state index contributed by atoms with van der Waals surface area (Å²) in [5.41, 5.74) is 8.75. The number of aldehydes is 1. The molecule has 0 bridgehead atoms. The molecule has 6 nitrogen and oxygen atoms in total. The van der Waals surface area contributed by atoms with Crippen LogP contribution in [0.5, 0.6) is 0 Å². The Bertz CT molecular complexity index is 959. The van der Waals surface area contributed by atoms with Gasteiger partial charge in [-0.05, 0) is 37.5 Å². The van der Waals surface area contributed by atoms with Crippen molar-refractivity contribution in [3.8, 4) is 0 Å². The van der Waals surface area contributed by atoms with E-state index < -0.39 is 11.1 Å². The normalized spacial score (nSPS) is 24.9. The summed E-state index contributed by atoms with van der Waals surface area (Å²) in [4.78, 5) is 26.4. The molecular formula is C22H26ClN5OS. The zero-order valence-electron chi connectivity index (χ0n) is 17.1. The van der Waals surface area contributed by atoms with Gasteiger partial charge in [-0.2, -0.15) is 0 Å². The molecule has 1 aromatic carbocycles. The smallest absolute Gasteiger partial charge is 0.146 e. The largest absolute Gasteiger partial charge is 0.354 e. The molecule has 0 spiro atoms. The molecule has 1 aliphatic carbocycles. The number of nitrogens with zero attached hydrogens (tertiary/aromatic N) is 4. The van der Waals surface area contributed by atoms with Crippen molar-refractivity contribution in [3.63, 3.8) is 0 Å². The summed E-state index contributed by atoms with van der Waals surface area (Å²) in [6.45, 7) is 5.34. The maximum Gasteiger partial charge on any atom is 0.146 e. The fourth-order valence-electron chi connectivity index (χ4n) is 5.03. The number of halogens is 1. The van der Waals surface area contributed by atoms with Crippen LogP contribution in [0.4, 0.5) is 5.82 Å². The molecule has 2 aromatic rings. The number of carbonyl (C=O) groups is 1. The minimum Gasteiger partial charge on any atom is -0.354 e. The first-order valence-corrected chi connectivity index (χ1v) is 11.9. The van der Waals surface area contributed by atoms with Crippen LogP contribution in [0.15, 0.2) is 30.6 Å². The Hall–Kier alpha value is -1.67. The number of thioether (sulfide) groups is 1. The lowest BCUT2D eigenvalue weighted by molar-refractivity contribution is -0.122. The van der Waals surface area contributed by atoms with Crippen molar-refractivity contribution in [2.45, 2.75) is 41.8 Å². The van der Waals surface area contributed by atoms with Gasteiger partial charge in [0, 0.05) is 53.3 Å². The number of hydrogen-bond donors (Lipinski definition) is 1. The fourth-order valence-corrected chi connectivity index (χ4v) is 6.20. The first kappa shape index (κ1) is 20.2. The van der Waals surface area contributed by atoms with Crippen molar-refractivity contribution < 1.29 is 4.79 Å². The van der Waals surface area contributed by atoms with E-state index in [-0.39, 0.29) is 0 Å². The Morgan fingerprint density at radius 1 is 1.20 bits per heavy atom. The van der Waals surface area contributed by atoms with Crippen LogP contribution >= 0.6 is 23.4 Å². The zero-order valence-corrected chi connectivity index (χ0v) is 18.6. The molecule has 2 fully saturated rings. The van der Waals surface area contributed by atoms with Crippen LogP contribution in [-0.2, 0) is 16.1 Å². The molecule has 30 heavy (non-hydrogen) atoms. The van der Waals surface area contributed by atoms with Crippen molar-refractivity contribution in [2.75, 3.05) is 31.1 Å². The quantitative estimate of drug-likeness (QED) is 0.711. The molecule has 1 aromatic heterocycles. The Kier molecular flexibility index (Phi) is 5.05. The number of benzene rings is 1. The van der Waals surface area contributed by atoms with Gasteiger partial charge in [-0.1, -0.05) is 23.7 Å². The maximum absolute atomic E-state index is 12.7. The number of rotatable bonds is 5. The predicted molar refractivity (Wildman–Crippen MR) is 121 cm³/mol. The molecule has 1 saturated carbocycles. The molecule has 1 saturated heterocycles. The number of hydrogen-bond acceptors (Lipinski definition) is 7. The van der Waals surface area contributed by atoms with Crippen LogP contribution < -0.4 is 10.6 Å². The summed E-state index contributed by atoms with van der Waals surface area (Å²) in [5.74, 6) is 2.00. The predicted octanol–water partition coefficient (Wildman–Crippen LogP) is 3.15. The van der Waals surface area contributed by atoms with Gasteiger partial charge in [-0.3, -0.25) is 4.90 Å². The Morgan fingerprint density at radius 3 is 2.53 bits per heavy atom. The Balaban J connectivity index is 1.43. The highest BCUT2D eigenvalue weighted by molar-refractivity contribution is 7.99. The van der Waals surface area contributed by atoms with Gasteiger partial charge in [0.15, 0.2) is 0 Å². The van der Waals surface area contributed by atoms with Gasteiger partial charge in [0.05, 0.1) is 5.69 Å². The molecule has 5 rings (SSSR count). The summed E-state index contributed by atoms with van der Waals surface area (Å²) < 4.78 is 0. The van der Waals surface area contributed by atoms with Crippen molar-refractivity contribution >= 4 is 35.5 Å². The topological polar surface area (TPSA) is 75.4 Å². The second-order valence-corrected chi connectivity index (χ2v) is 10.3. The molecule has 158 valence electrons. The number of fused-ring (bicyclic) bond motifs is 1. The highest BCUT2D eigenvalue weighted by Crippen LogP contribution is 2.51. The molecule has 8 heteroatoms. The van der Waals surface area contributed by atoms with E-state index in [4.69, 9.17) is 17.3 Å². The number of carbonyl (C=O) groups excluding carboxylic acids is 1. The molecule has 3 aliphatic rings. The SMILES string of the molecule is C[C@@H]1SCc2ncnc(N3CCN(C(C=O)(c4ccc(Cl)cc4)C4(N)CC4)CC3)c21. The van der Waals surface area contributed by atoms with E-state index in [9.17, 15) is 4.79 Å². The summed E-state index contributed by atoms with van der Waals surface area (Å²) in [6, 6.07) is 7.60. The highest BCUT2D eigenvalue weighted by atomic mass is 35.5. The number of piperazine rings is 1. The summed E-state index contributed by atoms with van der Waals surface area (Å²) in [6.07, 6.45) is 4.45. The van der Waals surface area contributed by atoms with E-state index in [1.54, 1.807) is 6.33 Å². The summed E-state index contributed by atoms with van der Waals surface area (Å²) >= 11 is 8.02. The molecule has 2 aliphatic heterocycles. The van der Waals surface area contributed by atoms with Crippen LogP contribution in [0.25, 0.3) is 0 Å². The monoisotopic (exact) mass is 443 g/mol. The second kappa shape index (κ2) is 7.48.